The molecule has 2 aliphatic heterocycles. The topological polar surface area (TPSA) is 95.8 Å². The maximum atomic E-state index is 13.0. The van der Waals surface area contributed by atoms with E-state index in [0.717, 1.165) is 32.4 Å². The lowest BCUT2D eigenvalue weighted by Crippen LogP contribution is -2.44. The van der Waals surface area contributed by atoms with Gasteiger partial charge in [-0.05, 0) is 43.2 Å². The summed E-state index contributed by atoms with van der Waals surface area (Å²) in [5, 5.41) is 14.4. The van der Waals surface area contributed by atoms with Gasteiger partial charge in [-0.3, -0.25) is 19.7 Å². The summed E-state index contributed by atoms with van der Waals surface area (Å²) in [7, 11) is 1.59. The first-order chi connectivity index (χ1) is 13.8. The van der Waals surface area contributed by atoms with Gasteiger partial charge in [-0.15, -0.1) is 0 Å². The molecule has 2 amide bonds. The summed E-state index contributed by atoms with van der Waals surface area (Å²) >= 11 is 0. The van der Waals surface area contributed by atoms with Gasteiger partial charge in [0.25, 0.3) is 11.6 Å². The van der Waals surface area contributed by atoms with E-state index in [2.05, 4.69) is 24.1 Å². The molecule has 0 aliphatic carbocycles. The van der Waals surface area contributed by atoms with Crippen molar-refractivity contribution in [3.63, 3.8) is 0 Å². The monoisotopic (exact) mass is 402 g/mol. The first kappa shape index (κ1) is 21.1. The Hall–Kier alpha value is -2.64. The number of carbonyl (C=O) groups is 2. The fourth-order valence-corrected chi connectivity index (χ4v) is 4.69. The molecule has 2 heterocycles. The van der Waals surface area contributed by atoms with E-state index in [4.69, 9.17) is 0 Å². The number of nitrogens with zero attached hydrogens (tertiary/aromatic N) is 3. The summed E-state index contributed by atoms with van der Waals surface area (Å²) < 4.78 is 0. The molecule has 8 heteroatoms. The molecule has 0 saturated carbocycles. The van der Waals surface area contributed by atoms with Gasteiger partial charge < -0.3 is 15.1 Å². The number of benzene rings is 1. The molecule has 0 aromatic heterocycles. The summed E-state index contributed by atoms with van der Waals surface area (Å²) in [4.78, 5) is 40.0. The second-order valence-electron chi connectivity index (χ2n) is 8.52. The minimum Gasteiger partial charge on any atom is -0.365 e. The first-order valence-electron chi connectivity index (χ1n) is 10.3. The predicted molar refractivity (Wildman–Crippen MR) is 111 cm³/mol. The van der Waals surface area contributed by atoms with Crippen molar-refractivity contribution in [2.24, 2.45) is 17.8 Å². The van der Waals surface area contributed by atoms with Crippen LogP contribution in [0.4, 0.5) is 11.4 Å². The minimum absolute atomic E-state index is 0.0305. The molecule has 2 fully saturated rings. The Kier molecular flexibility index (Phi) is 6.39. The second-order valence-corrected chi connectivity index (χ2v) is 8.52. The average Bonchev–Trinajstić information content (AvgIpc) is 2.71. The van der Waals surface area contributed by atoms with Crippen molar-refractivity contribution in [2.75, 3.05) is 38.1 Å². The molecule has 2 saturated heterocycles. The van der Waals surface area contributed by atoms with Crippen molar-refractivity contribution in [3.05, 3.63) is 33.9 Å². The number of nitro benzene ring substituents is 1. The number of nitrogens with one attached hydrogen (secondary N) is 1. The lowest BCUT2D eigenvalue weighted by molar-refractivity contribution is -0.384. The van der Waals surface area contributed by atoms with E-state index in [1.54, 1.807) is 24.1 Å². The molecule has 8 nitrogen and oxygen atoms in total. The third-order valence-electron chi connectivity index (χ3n) is 5.95. The predicted octanol–water partition coefficient (Wildman–Crippen LogP) is 2.68. The number of carbonyl (C=O) groups excluding carboxylic acids is 2. The van der Waals surface area contributed by atoms with Crippen LogP contribution in [0, 0.1) is 27.9 Å². The Morgan fingerprint density at radius 2 is 1.86 bits per heavy atom. The Balaban J connectivity index is 1.83. The number of nitro groups is 1. The molecular formula is C21H30N4O4. The van der Waals surface area contributed by atoms with Crippen molar-refractivity contribution in [1.29, 1.82) is 0 Å². The van der Waals surface area contributed by atoms with Gasteiger partial charge in [-0.25, -0.2) is 0 Å². The third-order valence-corrected chi connectivity index (χ3v) is 5.95. The molecule has 29 heavy (non-hydrogen) atoms. The quantitative estimate of drug-likeness (QED) is 0.617. The number of likely N-dealkylation sites (tertiary alicyclic amines) is 1. The highest BCUT2D eigenvalue weighted by molar-refractivity contribution is 5.96. The van der Waals surface area contributed by atoms with Crippen LogP contribution >= 0.6 is 0 Å². The number of anilines is 1. The molecule has 1 N–H and O–H groups in total. The van der Waals surface area contributed by atoms with Gasteiger partial charge in [0.15, 0.2) is 0 Å². The van der Waals surface area contributed by atoms with E-state index in [9.17, 15) is 19.7 Å². The van der Waals surface area contributed by atoms with E-state index in [1.165, 1.54) is 6.07 Å². The molecule has 3 unspecified atom stereocenters. The van der Waals surface area contributed by atoms with Crippen LogP contribution in [0.3, 0.4) is 0 Å². The fourth-order valence-electron chi connectivity index (χ4n) is 4.69. The SMILES string of the molecule is CNC(=O)C1CCCN(C(=O)c2ccc(N3CC(C)CC(C)C3)c([N+](=O)[O-])c2)C1. The van der Waals surface area contributed by atoms with Gasteiger partial charge >= 0.3 is 0 Å². The Morgan fingerprint density at radius 3 is 2.48 bits per heavy atom. The van der Waals surface area contributed by atoms with Gasteiger partial charge in [0.05, 0.1) is 10.8 Å². The largest absolute Gasteiger partial charge is 0.365 e. The summed E-state index contributed by atoms with van der Waals surface area (Å²) in [6.45, 7) is 6.77. The van der Waals surface area contributed by atoms with E-state index < -0.39 is 4.92 Å². The maximum absolute atomic E-state index is 13.0. The molecule has 158 valence electrons. The molecule has 1 aromatic rings. The van der Waals surface area contributed by atoms with Crippen LogP contribution in [0.1, 0.15) is 43.5 Å². The highest BCUT2D eigenvalue weighted by Crippen LogP contribution is 2.34. The summed E-state index contributed by atoms with van der Waals surface area (Å²) in [5.41, 5.74) is 0.847. The van der Waals surface area contributed by atoms with Crippen LogP contribution in [-0.2, 0) is 4.79 Å². The fraction of sp³-hybridized carbons (Fsp3) is 0.619. The molecule has 0 radical (unpaired) electrons. The van der Waals surface area contributed by atoms with E-state index in [-0.39, 0.29) is 23.4 Å². The maximum Gasteiger partial charge on any atom is 0.293 e. The summed E-state index contributed by atoms with van der Waals surface area (Å²) in [6.07, 6.45) is 2.60. The zero-order chi connectivity index (χ0) is 21.1. The van der Waals surface area contributed by atoms with Crippen molar-refractivity contribution in [2.45, 2.75) is 33.1 Å². The van der Waals surface area contributed by atoms with Crippen LogP contribution in [0.15, 0.2) is 18.2 Å². The zero-order valence-corrected chi connectivity index (χ0v) is 17.4. The molecule has 3 atom stereocenters. The molecule has 2 aliphatic rings. The number of piperidine rings is 2. The number of rotatable bonds is 4. The minimum atomic E-state index is -0.403. The van der Waals surface area contributed by atoms with Crippen molar-refractivity contribution < 1.29 is 14.5 Å². The van der Waals surface area contributed by atoms with Crippen LogP contribution in [0.5, 0.6) is 0 Å². The number of hydrogen-bond donors (Lipinski definition) is 1. The van der Waals surface area contributed by atoms with Crippen molar-refractivity contribution in [1.82, 2.24) is 10.2 Å². The smallest absolute Gasteiger partial charge is 0.293 e. The second kappa shape index (κ2) is 8.80. The van der Waals surface area contributed by atoms with Crippen molar-refractivity contribution in [3.8, 4) is 0 Å². The van der Waals surface area contributed by atoms with Gasteiger partial charge in [0.2, 0.25) is 5.91 Å². The van der Waals surface area contributed by atoms with E-state index in [1.807, 2.05) is 0 Å². The third kappa shape index (κ3) is 4.68. The molecule has 1 aromatic carbocycles. The number of hydrogen-bond acceptors (Lipinski definition) is 5. The highest BCUT2D eigenvalue weighted by Gasteiger charge is 2.31. The van der Waals surface area contributed by atoms with Gasteiger partial charge in [0.1, 0.15) is 5.69 Å². The lowest BCUT2D eigenvalue weighted by atomic mass is 9.91. The zero-order valence-electron chi connectivity index (χ0n) is 17.4. The highest BCUT2D eigenvalue weighted by atomic mass is 16.6. The van der Waals surface area contributed by atoms with Crippen LogP contribution < -0.4 is 10.2 Å². The Labute approximate surface area is 171 Å². The molecule has 0 bridgehead atoms. The van der Waals surface area contributed by atoms with Crippen molar-refractivity contribution >= 4 is 23.2 Å². The van der Waals surface area contributed by atoms with Crippen LogP contribution in [0.2, 0.25) is 0 Å². The Bertz CT molecular complexity index is 787. The standard InChI is InChI=1S/C21H30N4O4/c1-14-9-15(2)12-24(11-14)18-7-6-16(10-19(18)25(28)29)21(27)23-8-4-5-17(13-23)20(26)22-3/h6-7,10,14-15,17H,4-5,8-9,11-13H2,1-3H3,(H,22,26). The summed E-state index contributed by atoms with van der Waals surface area (Å²) in [6, 6.07) is 4.78. The Morgan fingerprint density at radius 1 is 1.17 bits per heavy atom. The molecule has 3 rings (SSSR count). The molecule has 0 spiro atoms. The lowest BCUT2D eigenvalue weighted by Gasteiger charge is -2.36. The van der Waals surface area contributed by atoms with Crippen LogP contribution in [-0.4, -0.2) is 54.9 Å². The molecular weight excluding hydrogens is 372 g/mol. The normalized spacial score (nSPS) is 24.9. The van der Waals surface area contributed by atoms with Crippen LogP contribution in [0.25, 0.3) is 0 Å². The van der Waals surface area contributed by atoms with Gasteiger partial charge in [-0.2, -0.15) is 0 Å². The number of amides is 2. The average molecular weight is 402 g/mol. The summed E-state index contributed by atoms with van der Waals surface area (Å²) in [5.74, 6) is 0.374. The van der Waals surface area contributed by atoms with Gasteiger partial charge in [0, 0.05) is 44.9 Å². The van der Waals surface area contributed by atoms with Gasteiger partial charge in [-0.1, -0.05) is 13.8 Å². The van der Waals surface area contributed by atoms with E-state index in [0.29, 0.717) is 36.2 Å². The van der Waals surface area contributed by atoms with E-state index >= 15 is 0 Å². The first-order valence-corrected chi connectivity index (χ1v) is 10.3.